The van der Waals surface area contributed by atoms with Crippen molar-refractivity contribution in [2.45, 2.75) is 25.8 Å². The lowest BCUT2D eigenvalue weighted by Gasteiger charge is -2.16. The highest BCUT2D eigenvalue weighted by Gasteiger charge is 2.18. The molecular formula is C14H15N3S. The lowest BCUT2D eigenvalue weighted by molar-refractivity contribution is 0.687. The molecule has 0 atom stereocenters. The van der Waals surface area contributed by atoms with Crippen molar-refractivity contribution in [3.8, 4) is 6.07 Å². The molecule has 2 rings (SSSR count). The molecule has 0 radical (unpaired) electrons. The molecule has 0 spiro atoms. The van der Waals surface area contributed by atoms with Crippen molar-refractivity contribution in [2.75, 3.05) is 5.32 Å². The smallest absolute Gasteiger partial charge is 0.0795 e. The van der Waals surface area contributed by atoms with Gasteiger partial charge in [-0.1, -0.05) is 12.1 Å². The van der Waals surface area contributed by atoms with Gasteiger partial charge >= 0.3 is 0 Å². The van der Waals surface area contributed by atoms with Gasteiger partial charge in [0.15, 0.2) is 0 Å². The SMILES string of the molecule is CC(C)(C#N)c1ccc(NCc2cscn2)cc1. The molecule has 0 unspecified atom stereocenters. The molecule has 1 aromatic heterocycles. The second-order valence-electron chi connectivity index (χ2n) is 4.65. The van der Waals surface area contributed by atoms with E-state index < -0.39 is 5.41 Å². The molecule has 18 heavy (non-hydrogen) atoms. The van der Waals surface area contributed by atoms with Gasteiger partial charge in [-0.05, 0) is 31.5 Å². The number of nitriles is 1. The summed E-state index contributed by atoms with van der Waals surface area (Å²) in [4.78, 5) is 4.21. The van der Waals surface area contributed by atoms with Crippen LogP contribution in [0.2, 0.25) is 0 Å². The molecule has 1 N–H and O–H groups in total. The maximum atomic E-state index is 9.07. The molecule has 0 bridgehead atoms. The first-order valence-corrected chi connectivity index (χ1v) is 6.69. The molecule has 0 aliphatic heterocycles. The third-order valence-electron chi connectivity index (χ3n) is 2.84. The maximum Gasteiger partial charge on any atom is 0.0795 e. The first-order valence-electron chi connectivity index (χ1n) is 5.74. The Kier molecular flexibility index (Phi) is 3.63. The van der Waals surface area contributed by atoms with Crippen LogP contribution in [0.1, 0.15) is 25.1 Å². The van der Waals surface area contributed by atoms with Gasteiger partial charge in [-0.25, -0.2) is 4.98 Å². The van der Waals surface area contributed by atoms with Crippen LogP contribution in [0, 0.1) is 11.3 Å². The Hall–Kier alpha value is -1.86. The van der Waals surface area contributed by atoms with E-state index in [0.29, 0.717) is 0 Å². The minimum absolute atomic E-state index is 0.437. The maximum absolute atomic E-state index is 9.07. The van der Waals surface area contributed by atoms with E-state index in [2.05, 4.69) is 16.4 Å². The molecular weight excluding hydrogens is 242 g/mol. The van der Waals surface area contributed by atoms with E-state index in [4.69, 9.17) is 5.26 Å². The predicted molar refractivity (Wildman–Crippen MR) is 74.5 cm³/mol. The third kappa shape index (κ3) is 2.88. The number of benzene rings is 1. The molecule has 0 aliphatic carbocycles. The highest BCUT2D eigenvalue weighted by Crippen LogP contribution is 2.23. The van der Waals surface area contributed by atoms with E-state index in [-0.39, 0.29) is 0 Å². The molecule has 1 heterocycles. The van der Waals surface area contributed by atoms with Crippen molar-refractivity contribution in [3.05, 3.63) is 46.4 Å². The fraction of sp³-hybridized carbons (Fsp3) is 0.286. The second-order valence-corrected chi connectivity index (χ2v) is 5.37. The normalized spacial score (nSPS) is 10.9. The van der Waals surface area contributed by atoms with Gasteiger partial charge in [0.25, 0.3) is 0 Å². The number of nitrogens with zero attached hydrogens (tertiary/aromatic N) is 2. The Morgan fingerprint density at radius 3 is 2.61 bits per heavy atom. The monoisotopic (exact) mass is 257 g/mol. The first kappa shape index (κ1) is 12.6. The van der Waals surface area contributed by atoms with Gasteiger partial charge < -0.3 is 5.32 Å². The van der Waals surface area contributed by atoms with Crippen molar-refractivity contribution in [3.63, 3.8) is 0 Å². The average molecular weight is 257 g/mol. The van der Waals surface area contributed by atoms with Gasteiger partial charge in [-0.2, -0.15) is 5.26 Å². The van der Waals surface area contributed by atoms with Gasteiger partial charge in [-0.15, -0.1) is 11.3 Å². The van der Waals surface area contributed by atoms with E-state index in [1.54, 1.807) is 11.3 Å². The zero-order valence-electron chi connectivity index (χ0n) is 10.5. The van der Waals surface area contributed by atoms with Crippen molar-refractivity contribution >= 4 is 17.0 Å². The van der Waals surface area contributed by atoms with Gasteiger partial charge in [0.1, 0.15) is 0 Å². The van der Waals surface area contributed by atoms with E-state index in [1.165, 1.54) is 0 Å². The van der Waals surface area contributed by atoms with Crippen LogP contribution in [0.4, 0.5) is 5.69 Å². The number of aromatic nitrogens is 1. The molecule has 0 aliphatic rings. The number of hydrogen-bond acceptors (Lipinski definition) is 4. The lowest BCUT2D eigenvalue weighted by Crippen LogP contribution is -2.13. The summed E-state index contributed by atoms with van der Waals surface area (Å²) < 4.78 is 0. The molecule has 3 nitrogen and oxygen atoms in total. The Morgan fingerprint density at radius 2 is 2.06 bits per heavy atom. The summed E-state index contributed by atoms with van der Waals surface area (Å²) in [5, 5.41) is 14.4. The van der Waals surface area contributed by atoms with Crippen molar-refractivity contribution in [1.29, 1.82) is 5.26 Å². The van der Waals surface area contributed by atoms with Crippen LogP contribution < -0.4 is 5.32 Å². The molecule has 4 heteroatoms. The highest BCUT2D eigenvalue weighted by molar-refractivity contribution is 7.07. The summed E-state index contributed by atoms with van der Waals surface area (Å²) in [5.74, 6) is 0. The van der Waals surface area contributed by atoms with Crippen molar-refractivity contribution < 1.29 is 0 Å². The molecule has 0 saturated heterocycles. The standard InChI is InChI=1S/C14H15N3S/c1-14(2,9-15)11-3-5-12(6-4-11)16-7-13-8-18-10-17-13/h3-6,8,10,16H,7H2,1-2H3. The van der Waals surface area contributed by atoms with Crippen LogP contribution >= 0.6 is 11.3 Å². The van der Waals surface area contributed by atoms with E-state index in [0.717, 1.165) is 23.5 Å². The zero-order chi connectivity index (χ0) is 13.0. The molecule has 0 saturated carbocycles. The minimum Gasteiger partial charge on any atom is -0.379 e. The first-order chi connectivity index (χ1) is 8.62. The fourth-order valence-electron chi connectivity index (χ4n) is 1.59. The van der Waals surface area contributed by atoms with Crippen molar-refractivity contribution in [1.82, 2.24) is 4.98 Å². The Balaban J connectivity index is 2.02. The lowest BCUT2D eigenvalue weighted by atomic mass is 9.86. The Morgan fingerprint density at radius 1 is 1.33 bits per heavy atom. The van der Waals surface area contributed by atoms with Crippen LogP contribution in [0.25, 0.3) is 0 Å². The quantitative estimate of drug-likeness (QED) is 0.911. The van der Waals surface area contributed by atoms with Crippen LogP contribution in [0.3, 0.4) is 0 Å². The summed E-state index contributed by atoms with van der Waals surface area (Å²) in [6.45, 7) is 4.57. The van der Waals surface area contributed by atoms with Crippen LogP contribution in [0.5, 0.6) is 0 Å². The fourth-order valence-corrected chi connectivity index (χ4v) is 2.15. The number of rotatable bonds is 4. The zero-order valence-corrected chi connectivity index (χ0v) is 11.3. The highest BCUT2D eigenvalue weighted by atomic mass is 32.1. The van der Waals surface area contributed by atoms with Crippen molar-refractivity contribution in [2.24, 2.45) is 0 Å². The largest absolute Gasteiger partial charge is 0.379 e. The topological polar surface area (TPSA) is 48.7 Å². The Bertz CT molecular complexity index is 535. The summed E-state index contributed by atoms with van der Waals surface area (Å²) in [6.07, 6.45) is 0. The summed E-state index contributed by atoms with van der Waals surface area (Å²) in [7, 11) is 0. The van der Waals surface area contributed by atoms with Crippen LogP contribution in [0.15, 0.2) is 35.2 Å². The van der Waals surface area contributed by atoms with E-state index in [1.807, 2.05) is 49.0 Å². The summed E-state index contributed by atoms with van der Waals surface area (Å²) >= 11 is 1.60. The summed E-state index contributed by atoms with van der Waals surface area (Å²) in [6, 6.07) is 10.3. The minimum atomic E-state index is -0.437. The number of anilines is 1. The number of thiazole rings is 1. The number of hydrogen-bond donors (Lipinski definition) is 1. The van der Waals surface area contributed by atoms with Gasteiger partial charge in [0, 0.05) is 11.1 Å². The molecule has 1 aromatic carbocycles. The van der Waals surface area contributed by atoms with Gasteiger partial charge in [0.05, 0.1) is 29.2 Å². The average Bonchev–Trinajstić information content (AvgIpc) is 2.90. The molecule has 2 aromatic rings. The van der Waals surface area contributed by atoms with Crippen LogP contribution in [-0.4, -0.2) is 4.98 Å². The van der Waals surface area contributed by atoms with E-state index >= 15 is 0 Å². The second kappa shape index (κ2) is 5.19. The summed E-state index contributed by atoms with van der Waals surface area (Å²) in [5.41, 5.74) is 4.51. The number of nitrogens with one attached hydrogen (secondary N) is 1. The predicted octanol–water partition coefficient (Wildman–Crippen LogP) is 3.56. The molecule has 92 valence electrons. The van der Waals surface area contributed by atoms with Gasteiger partial charge in [-0.3, -0.25) is 0 Å². The molecule has 0 fully saturated rings. The van der Waals surface area contributed by atoms with Gasteiger partial charge in [0.2, 0.25) is 0 Å². The Labute approximate surface area is 111 Å². The van der Waals surface area contributed by atoms with E-state index in [9.17, 15) is 0 Å². The molecule has 0 amide bonds. The van der Waals surface area contributed by atoms with Crippen LogP contribution in [-0.2, 0) is 12.0 Å². The third-order valence-corrected chi connectivity index (χ3v) is 3.48.